The Morgan fingerprint density at radius 2 is 1.74 bits per heavy atom. The zero-order valence-corrected chi connectivity index (χ0v) is 11.9. The van der Waals surface area contributed by atoms with Crippen molar-refractivity contribution >= 4 is 6.09 Å². The van der Waals surface area contributed by atoms with Crippen molar-refractivity contribution in [2.75, 3.05) is 6.61 Å². The van der Waals surface area contributed by atoms with E-state index in [2.05, 4.69) is 0 Å². The van der Waals surface area contributed by atoms with E-state index in [0.717, 1.165) is 28.1 Å². The molecular formula is C16H19NO2. The summed E-state index contributed by atoms with van der Waals surface area (Å²) in [6.07, 6.45) is -0.310. The number of nitrogens with zero attached hydrogens (tertiary/aromatic N) is 1. The number of hydrogen-bond donors (Lipinski definition) is 0. The number of aromatic nitrogens is 1. The quantitative estimate of drug-likeness (QED) is 0.811. The lowest BCUT2D eigenvalue weighted by Crippen LogP contribution is -2.16. The minimum Gasteiger partial charge on any atom is -0.449 e. The van der Waals surface area contributed by atoms with Crippen molar-refractivity contribution in [2.24, 2.45) is 0 Å². The average molecular weight is 257 g/mol. The van der Waals surface area contributed by atoms with E-state index in [9.17, 15) is 4.79 Å². The number of carbonyl (C=O) groups excluding carboxylic acids is 1. The summed E-state index contributed by atoms with van der Waals surface area (Å²) in [5, 5.41) is 0. The first-order valence-electron chi connectivity index (χ1n) is 6.49. The number of carbonyl (C=O) groups is 1. The highest BCUT2D eigenvalue weighted by Crippen LogP contribution is 2.30. The van der Waals surface area contributed by atoms with Crippen molar-refractivity contribution in [3.05, 3.63) is 47.2 Å². The maximum absolute atomic E-state index is 12.2. The van der Waals surface area contributed by atoms with Crippen LogP contribution in [0.3, 0.4) is 0 Å². The second-order valence-electron chi connectivity index (χ2n) is 4.58. The summed E-state index contributed by atoms with van der Waals surface area (Å²) in [4.78, 5) is 12.2. The predicted molar refractivity (Wildman–Crippen MR) is 76.5 cm³/mol. The van der Waals surface area contributed by atoms with Crippen LogP contribution < -0.4 is 0 Å². The smallest absolute Gasteiger partial charge is 0.418 e. The highest BCUT2D eigenvalue weighted by molar-refractivity contribution is 5.82. The second-order valence-corrected chi connectivity index (χ2v) is 4.58. The van der Waals surface area contributed by atoms with Crippen LogP contribution >= 0.6 is 0 Å². The van der Waals surface area contributed by atoms with Crippen LogP contribution in [-0.2, 0) is 4.74 Å². The monoisotopic (exact) mass is 257 g/mol. The van der Waals surface area contributed by atoms with E-state index in [-0.39, 0.29) is 6.09 Å². The molecule has 0 aliphatic rings. The van der Waals surface area contributed by atoms with Crippen LogP contribution in [0, 0.1) is 20.8 Å². The van der Waals surface area contributed by atoms with Crippen molar-refractivity contribution in [2.45, 2.75) is 27.7 Å². The van der Waals surface area contributed by atoms with Gasteiger partial charge in [-0.15, -0.1) is 0 Å². The SMILES string of the molecule is CCOC(=O)n1c(C)c(C)c(C)c1-c1ccccc1. The third kappa shape index (κ3) is 2.28. The maximum atomic E-state index is 12.2. The summed E-state index contributed by atoms with van der Waals surface area (Å²) in [6, 6.07) is 9.94. The van der Waals surface area contributed by atoms with Gasteiger partial charge in [0.1, 0.15) is 0 Å². The molecule has 0 saturated carbocycles. The van der Waals surface area contributed by atoms with Crippen molar-refractivity contribution < 1.29 is 9.53 Å². The van der Waals surface area contributed by atoms with Crippen LogP contribution in [0.5, 0.6) is 0 Å². The van der Waals surface area contributed by atoms with Crippen LogP contribution in [0.15, 0.2) is 30.3 Å². The Kier molecular flexibility index (Phi) is 3.74. The van der Waals surface area contributed by atoms with Gasteiger partial charge in [0, 0.05) is 5.69 Å². The number of ether oxygens (including phenoxy) is 1. The molecule has 0 saturated heterocycles. The summed E-state index contributed by atoms with van der Waals surface area (Å²) in [5.74, 6) is 0. The van der Waals surface area contributed by atoms with E-state index in [1.165, 1.54) is 0 Å². The average Bonchev–Trinajstić information content (AvgIpc) is 2.64. The first-order valence-corrected chi connectivity index (χ1v) is 6.49. The van der Waals surface area contributed by atoms with Gasteiger partial charge < -0.3 is 4.74 Å². The minimum atomic E-state index is -0.310. The van der Waals surface area contributed by atoms with Crippen LogP contribution in [-0.4, -0.2) is 17.3 Å². The van der Waals surface area contributed by atoms with Gasteiger partial charge in [0.05, 0.1) is 12.3 Å². The highest BCUT2D eigenvalue weighted by atomic mass is 16.5. The Labute approximate surface area is 113 Å². The van der Waals surface area contributed by atoms with Crippen LogP contribution in [0.25, 0.3) is 11.3 Å². The van der Waals surface area contributed by atoms with E-state index in [1.807, 2.05) is 58.0 Å². The van der Waals surface area contributed by atoms with Gasteiger partial charge in [-0.05, 0) is 44.4 Å². The molecule has 1 aromatic heterocycles. The molecule has 0 spiro atoms. The molecule has 2 rings (SSSR count). The summed E-state index contributed by atoms with van der Waals surface area (Å²) >= 11 is 0. The zero-order valence-electron chi connectivity index (χ0n) is 11.9. The van der Waals surface area contributed by atoms with Gasteiger partial charge in [0.25, 0.3) is 0 Å². The summed E-state index contributed by atoms with van der Waals surface area (Å²) < 4.78 is 6.83. The Balaban J connectivity index is 2.66. The van der Waals surface area contributed by atoms with Gasteiger partial charge in [0.15, 0.2) is 0 Å². The fraction of sp³-hybridized carbons (Fsp3) is 0.312. The Morgan fingerprint density at radius 3 is 2.32 bits per heavy atom. The minimum absolute atomic E-state index is 0.310. The molecule has 0 aliphatic carbocycles. The van der Waals surface area contributed by atoms with Gasteiger partial charge >= 0.3 is 6.09 Å². The highest BCUT2D eigenvalue weighted by Gasteiger charge is 2.21. The topological polar surface area (TPSA) is 31.2 Å². The van der Waals surface area contributed by atoms with Crippen LogP contribution in [0.2, 0.25) is 0 Å². The van der Waals surface area contributed by atoms with Crippen molar-refractivity contribution in [1.29, 1.82) is 0 Å². The molecule has 0 aliphatic heterocycles. The number of hydrogen-bond acceptors (Lipinski definition) is 2. The predicted octanol–water partition coefficient (Wildman–Crippen LogP) is 4.08. The summed E-state index contributed by atoms with van der Waals surface area (Å²) in [6.45, 7) is 8.22. The zero-order chi connectivity index (χ0) is 14.0. The summed E-state index contributed by atoms with van der Waals surface area (Å²) in [7, 11) is 0. The van der Waals surface area contributed by atoms with E-state index in [0.29, 0.717) is 6.61 Å². The Bertz CT molecular complexity index is 597. The van der Waals surface area contributed by atoms with Gasteiger partial charge in [0.2, 0.25) is 0 Å². The Morgan fingerprint density at radius 1 is 1.11 bits per heavy atom. The standard InChI is InChI=1S/C16H19NO2/c1-5-19-16(18)17-13(4)11(2)12(3)15(17)14-9-7-6-8-10-14/h6-10H,5H2,1-4H3. The molecule has 2 aromatic rings. The Hall–Kier alpha value is -2.03. The molecule has 0 atom stereocenters. The van der Waals surface area contributed by atoms with Gasteiger partial charge in [-0.1, -0.05) is 30.3 Å². The fourth-order valence-corrected chi connectivity index (χ4v) is 2.31. The van der Waals surface area contributed by atoms with E-state index >= 15 is 0 Å². The van der Waals surface area contributed by atoms with Crippen LogP contribution in [0.1, 0.15) is 23.7 Å². The molecule has 1 heterocycles. The molecule has 0 radical (unpaired) electrons. The van der Waals surface area contributed by atoms with Gasteiger partial charge in [-0.2, -0.15) is 0 Å². The lowest BCUT2D eigenvalue weighted by atomic mass is 10.1. The largest absolute Gasteiger partial charge is 0.449 e. The number of rotatable bonds is 2. The third-order valence-corrected chi connectivity index (χ3v) is 3.52. The van der Waals surface area contributed by atoms with Crippen molar-refractivity contribution in [1.82, 2.24) is 4.57 Å². The molecule has 0 N–H and O–H groups in total. The molecule has 0 bridgehead atoms. The maximum Gasteiger partial charge on any atom is 0.418 e. The lowest BCUT2D eigenvalue weighted by Gasteiger charge is -2.10. The molecular weight excluding hydrogens is 238 g/mol. The first-order chi connectivity index (χ1) is 9.07. The molecule has 0 unspecified atom stereocenters. The molecule has 1 aromatic carbocycles. The second kappa shape index (κ2) is 5.31. The van der Waals surface area contributed by atoms with E-state index < -0.39 is 0 Å². The van der Waals surface area contributed by atoms with Crippen molar-refractivity contribution in [3.8, 4) is 11.3 Å². The fourth-order valence-electron chi connectivity index (χ4n) is 2.31. The molecule has 3 heteroatoms. The van der Waals surface area contributed by atoms with E-state index in [1.54, 1.807) is 4.57 Å². The van der Waals surface area contributed by atoms with E-state index in [4.69, 9.17) is 4.74 Å². The van der Waals surface area contributed by atoms with Gasteiger partial charge in [-0.3, -0.25) is 0 Å². The summed E-state index contributed by atoms with van der Waals surface area (Å²) in [5.41, 5.74) is 5.15. The molecule has 0 fully saturated rings. The lowest BCUT2D eigenvalue weighted by molar-refractivity contribution is 0.154. The molecule has 100 valence electrons. The first kappa shape index (κ1) is 13.4. The normalized spacial score (nSPS) is 10.5. The third-order valence-electron chi connectivity index (χ3n) is 3.52. The van der Waals surface area contributed by atoms with Crippen LogP contribution in [0.4, 0.5) is 4.79 Å². The van der Waals surface area contributed by atoms with Gasteiger partial charge in [-0.25, -0.2) is 9.36 Å². The molecule has 3 nitrogen and oxygen atoms in total. The molecule has 19 heavy (non-hydrogen) atoms. The van der Waals surface area contributed by atoms with Crippen molar-refractivity contribution in [3.63, 3.8) is 0 Å². The number of benzene rings is 1. The molecule has 0 amide bonds.